The molecule has 2 atom stereocenters. The number of ether oxygens (including phenoxy) is 1. The van der Waals surface area contributed by atoms with Crippen LogP contribution < -0.4 is 0 Å². The third-order valence-corrected chi connectivity index (χ3v) is 6.64. The molecule has 1 fully saturated rings. The average molecular weight is 357 g/mol. The van der Waals surface area contributed by atoms with Crippen molar-refractivity contribution in [3.8, 4) is 0 Å². The van der Waals surface area contributed by atoms with Gasteiger partial charge in [-0.2, -0.15) is 11.8 Å². The molecule has 142 valence electrons. The van der Waals surface area contributed by atoms with Crippen LogP contribution in [0, 0.1) is 0 Å². The second-order valence-corrected chi connectivity index (χ2v) is 8.84. The predicted octanol–water partition coefficient (Wildman–Crippen LogP) is 6.90. The summed E-state index contributed by atoms with van der Waals surface area (Å²) in [6.07, 6.45) is 21.1. The molecular formula is C21H40O2S. The van der Waals surface area contributed by atoms with Gasteiger partial charge in [-0.3, -0.25) is 4.79 Å². The van der Waals surface area contributed by atoms with Gasteiger partial charge in [0.15, 0.2) is 0 Å². The third-order valence-electron chi connectivity index (χ3n) is 5.13. The number of carbonyl (C=O) groups is 1. The van der Waals surface area contributed by atoms with Crippen LogP contribution in [-0.4, -0.2) is 23.6 Å². The van der Waals surface area contributed by atoms with Gasteiger partial charge in [-0.1, -0.05) is 84.0 Å². The molecule has 1 aliphatic rings. The van der Waals surface area contributed by atoms with Crippen LogP contribution >= 0.6 is 11.8 Å². The molecule has 24 heavy (non-hydrogen) atoms. The van der Waals surface area contributed by atoms with Gasteiger partial charge < -0.3 is 4.74 Å². The molecule has 0 amide bonds. The first-order valence-electron chi connectivity index (χ1n) is 10.5. The lowest BCUT2D eigenvalue weighted by atomic mass is 10.0. The van der Waals surface area contributed by atoms with Gasteiger partial charge in [0.1, 0.15) is 0 Å². The van der Waals surface area contributed by atoms with E-state index in [1.54, 1.807) is 0 Å². The minimum atomic E-state index is -0.0632. The number of carbonyl (C=O) groups excluding carboxylic acids is 1. The van der Waals surface area contributed by atoms with Gasteiger partial charge in [0.05, 0.1) is 7.11 Å². The Labute approximate surface area is 154 Å². The highest BCUT2D eigenvalue weighted by molar-refractivity contribution is 8.07. The normalized spacial score (nSPS) is 19.4. The maximum absolute atomic E-state index is 11.0. The Balaban J connectivity index is 1.69. The van der Waals surface area contributed by atoms with E-state index in [1.165, 1.54) is 97.0 Å². The maximum atomic E-state index is 11.0. The van der Waals surface area contributed by atoms with Crippen molar-refractivity contribution >= 4 is 17.7 Å². The summed E-state index contributed by atoms with van der Waals surface area (Å²) in [6, 6.07) is 0. The van der Waals surface area contributed by atoms with Gasteiger partial charge in [0.25, 0.3) is 0 Å². The van der Waals surface area contributed by atoms with Gasteiger partial charge >= 0.3 is 5.97 Å². The molecule has 1 saturated heterocycles. The zero-order valence-corrected chi connectivity index (χ0v) is 17.0. The molecule has 0 saturated carbocycles. The molecule has 2 nitrogen and oxygen atoms in total. The summed E-state index contributed by atoms with van der Waals surface area (Å²) in [4.78, 5) is 11.0. The van der Waals surface area contributed by atoms with E-state index in [2.05, 4.69) is 23.4 Å². The fourth-order valence-corrected chi connectivity index (χ4v) is 4.64. The Morgan fingerprint density at radius 2 is 1.21 bits per heavy atom. The minimum Gasteiger partial charge on any atom is -0.469 e. The van der Waals surface area contributed by atoms with Crippen molar-refractivity contribution in [1.29, 1.82) is 0 Å². The summed E-state index contributed by atoms with van der Waals surface area (Å²) in [5.41, 5.74) is 0. The second-order valence-electron chi connectivity index (χ2n) is 7.36. The predicted molar refractivity (Wildman–Crippen MR) is 107 cm³/mol. The highest BCUT2D eigenvalue weighted by atomic mass is 32.2. The first-order valence-corrected chi connectivity index (χ1v) is 11.4. The number of thioether (sulfide) groups is 1. The topological polar surface area (TPSA) is 26.3 Å². The molecule has 1 aliphatic heterocycles. The van der Waals surface area contributed by atoms with Gasteiger partial charge in [0.2, 0.25) is 0 Å². The van der Waals surface area contributed by atoms with E-state index in [0.717, 1.165) is 16.9 Å². The summed E-state index contributed by atoms with van der Waals surface area (Å²) in [5.74, 6) is -0.0632. The maximum Gasteiger partial charge on any atom is 0.305 e. The summed E-state index contributed by atoms with van der Waals surface area (Å²) >= 11 is 2.24. The van der Waals surface area contributed by atoms with Crippen LogP contribution in [0.2, 0.25) is 0 Å². The van der Waals surface area contributed by atoms with E-state index in [9.17, 15) is 4.79 Å². The number of unbranched alkanes of at least 4 members (excludes halogenated alkanes) is 11. The summed E-state index contributed by atoms with van der Waals surface area (Å²) in [6.45, 7) is 2.30. The van der Waals surface area contributed by atoms with Crippen molar-refractivity contribution < 1.29 is 9.53 Å². The molecule has 0 aliphatic carbocycles. The Morgan fingerprint density at radius 1 is 0.750 bits per heavy atom. The largest absolute Gasteiger partial charge is 0.469 e. The number of hydrogen-bond donors (Lipinski definition) is 0. The van der Waals surface area contributed by atoms with Crippen molar-refractivity contribution in [3.63, 3.8) is 0 Å². The van der Waals surface area contributed by atoms with Gasteiger partial charge in [-0.15, -0.1) is 0 Å². The van der Waals surface area contributed by atoms with Gasteiger partial charge in [0, 0.05) is 16.9 Å². The van der Waals surface area contributed by atoms with Gasteiger partial charge in [-0.05, 0) is 19.3 Å². The van der Waals surface area contributed by atoms with Crippen molar-refractivity contribution in [2.45, 2.75) is 120 Å². The fraction of sp³-hybridized carbons (Fsp3) is 0.952. The lowest BCUT2D eigenvalue weighted by Gasteiger charge is -2.03. The van der Waals surface area contributed by atoms with Crippen molar-refractivity contribution in [3.05, 3.63) is 0 Å². The van der Waals surface area contributed by atoms with Crippen LogP contribution in [0.3, 0.4) is 0 Å². The molecule has 3 heteroatoms. The van der Waals surface area contributed by atoms with Gasteiger partial charge in [-0.25, -0.2) is 0 Å². The molecule has 1 rings (SSSR count). The van der Waals surface area contributed by atoms with Crippen molar-refractivity contribution in [2.24, 2.45) is 0 Å². The van der Waals surface area contributed by atoms with Crippen LogP contribution in [0.5, 0.6) is 0 Å². The molecule has 0 N–H and O–H groups in total. The van der Waals surface area contributed by atoms with E-state index >= 15 is 0 Å². The Hall–Kier alpha value is -0.180. The highest BCUT2D eigenvalue weighted by Crippen LogP contribution is 2.47. The Morgan fingerprint density at radius 3 is 1.71 bits per heavy atom. The van der Waals surface area contributed by atoms with Crippen LogP contribution in [0.4, 0.5) is 0 Å². The Bertz CT molecular complexity index is 306. The fourth-order valence-electron chi connectivity index (χ4n) is 3.40. The summed E-state index contributed by atoms with van der Waals surface area (Å²) < 4.78 is 4.65. The zero-order chi connectivity index (χ0) is 17.5. The van der Waals surface area contributed by atoms with Crippen molar-refractivity contribution in [1.82, 2.24) is 0 Å². The third kappa shape index (κ3) is 12.2. The van der Waals surface area contributed by atoms with Crippen LogP contribution in [0.1, 0.15) is 110 Å². The first-order chi connectivity index (χ1) is 11.8. The number of methoxy groups -OCH3 is 1. The SMILES string of the molecule is CCCCC1SC1CCCCCCCCCCCCCC(=O)OC. The smallest absolute Gasteiger partial charge is 0.305 e. The van der Waals surface area contributed by atoms with E-state index < -0.39 is 0 Å². The molecule has 0 radical (unpaired) electrons. The number of hydrogen-bond acceptors (Lipinski definition) is 3. The van der Waals surface area contributed by atoms with Crippen LogP contribution in [-0.2, 0) is 9.53 Å². The highest BCUT2D eigenvalue weighted by Gasteiger charge is 2.36. The van der Waals surface area contributed by atoms with E-state index in [4.69, 9.17) is 0 Å². The quantitative estimate of drug-likeness (QED) is 0.161. The average Bonchev–Trinajstić information content (AvgIpc) is 3.35. The monoisotopic (exact) mass is 356 g/mol. The first kappa shape index (κ1) is 21.9. The zero-order valence-electron chi connectivity index (χ0n) is 16.2. The summed E-state index contributed by atoms with van der Waals surface area (Å²) in [5, 5.41) is 2.05. The van der Waals surface area contributed by atoms with Crippen LogP contribution in [0.25, 0.3) is 0 Å². The lowest BCUT2D eigenvalue weighted by Crippen LogP contribution is -1.99. The molecule has 0 aromatic heterocycles. The van der Waals surface area contributed by atoms with Crippen LogP contribution in [0.15, 0.2) is 0 Å². The molecule has 0 aromatic carbocycles. The molecule has 0 aromatic rings. The van der Waals surface area contributed by atoms with E-state index in [-0.39, 0.29) is 5.97 Å². The molecule has 0 bridgehead atoms. The standard InChI is InChI=1S/C21H40O2S/c1-3-4-16-19-20(24-19)17-14-12-10-8-6-5-7-9-11-13-15-18-21(22)23-2/h19-20H,3-18H2,1-2H3. The summed E-state index contributed by atoms with van der Waals surface area (Å²) in [7, 11) is 1.47. The van der Waals surface area contributed by atoms with E-state index in [0.29, 0.717) is 6.42 Å². The molecule has 2 unspecified atom stereocenters. The minimum absolute atomic E-state index is 0.0632. The Kier molecular flexibility index (Phi) is 13.8. The lowest BCUT2D eigenvalue weighted by molar-refractivity contribution is -0.140. The molecular weight excluding hydrogens is 316 g/mol. The molecule has 1 heterocycles. The van der Waals surface area contributed by atoms with Crippen molar-refractivity contribution in [2.75, 3.05) is 7.11 Å². The van der Waals surface area contributed by atoms with E-state index in [1.807, 2.05) is 0 Å². The molecule has 0 spiro atoms. The number of rotatable bonds is 17. The second kappa shape index (κ2) is 15.1. The number of esters is 1.